The summed E-state index contributed by atoms with van der Waals surface area (Å²) < 4.78 is 10.1. The minimum atomic E-state index is -0.874. The van der Waals surface area contributed by atoms with Crippen molar-refractivity contribution in [3.63, 3.8) is 0 Å². The van der Waals surface area contributed by atoms with E-state index >= 15 is 0 Å². The smallest absolute Gasteiger partial charge is 0.320 e. The predicted molar refractivity (Wildman–Crippen MR) is 71.3 cm³/mol. The lowest BCUT2D eigenvalue weighted by Crippen LogP contribution is -2.25. The van der Waals surface area contributed by atoms with E-state index in [4.69, 9.17) is 9.47 Å². The lowest BCUT2D eigenvalue weighted by molar-refractivity contribution is -0.162. The van der Waals surface area contributed by atoms with Crippen molar-refractivity contribution in [2.45, 2.75) is 33.3 Å². The molecule has 0 heterocycles. The van der Waals surface area contributed by atoms with Crippen molar-refractivity contribution in [3.05, 3.63) is 35.9 Å². The van der Waals surface area contributed by atoms with Crippen molar-refractivity contribution < 1.29 is 19.1 Å². The number of ether oxygens (including phenoxy) is 2. The van der Waals surface area contributed by atoms with Gasteiger partial charge in [-0.3, -0.25) is 9.59 Å². The molecule has 0 saturated heterocycles. The Morgan fingerprint density at radius 2 is 1.74 bits per heavy atom. The average molecular weight is 264 g/mol. The molecule has 4 nitrogen and oxygen atoms in total. The van der Waals surface area contributed by atoms with E-state index in [0.717, 1.165) is 18.4 Å². The number of carbonyl (C=O) groups excluding carboxylic acids is 2. The maximum atomic E-state index is 11.7. The first-order valence-electron chi connectivity index (χ1n) is 6.52. The Morgan fingerprint density at radius 3 is 2.37 bits per heavy atom. The number of hydrogen-bond acceptors (Lipinski definition) is 4. The molecular formula is C15H20O4. The molecule has 0 bridgehead atoms. The van der Waals surface area contributed by atoms with Crippen LogP contribution in [0, 0.1) is 5.92 Å². The van der Waals surface area contributed by atoms with Gasteiger partial charge in [-0.2, -0.15) is 0 Å². The van der Waals surface area contributed by atoms with Gasteiger partial charge in [0.15, 0.2) is 5.92 Å². The summed E-state index contributed by atoms with van der Waals surface area (Å²) in [6.07, 6.45) is 1.75. The molecule has 0 radical (unpaired) electrons. The number of esters is 2. The summed E-state index contributed by atoms with van der Waals surface area (Å²) >= 11 is 0. The highest BCUT2D eigenvalue weighted by atomic mass is 16.6. The number of carbonyl (C=O) groups is 2. The quantitative estimate of drug-likeness (QED) is 0.431. The Labute approximate surface area is 113 Å². The van der Waals surface area contributed by atoms with Crippen molar-refractivity contribution in [1.29, 1.82) is 0 Å². The zero-order chi connectivity index (χ0) is 14.1. The highest BCUT2D eigenvalue weighted by molar-refractivity contribution is 5.94. The SMILES string of the molecule is CCCCOC(=O)C(C)C(=O)OCc1ccccc1. The van der Waals surface area contributed by atoms with Crippen LogP contribution in [0.25, 0.3) is 0 Å². The van der Waals surface area contributed by atoms with Crippen LogP contribution in [0.1, 0.15) is 32.3 Å². The molecule has 0 aromatic heterocycles. The van der Waals surface area contributed by atoms with Crippen LogP contribution >= 0.6 is 0 Å². The summed E-state index contributed by atoms with van der Waals surface area (Å²) in [5.74, 6) is -1.95. The molecule has 1 rings (SSSR count). The van der Waals surface area contributed by atoms with E-state index in [-0.39, 0.29) is 6.61 Å². The highest BCUT2D eigenvalue weighted by Crippen LogP contribution is 2.07. The molecule has 0 N–H and O–H groups in total. The van der Waals surface area contributed by atoms with E-state index in [9.17, 15) is 9.59 Å². The highest BCUT2D eigenvalue weighted by Gasteiger charge is 2.24. The second-order valence-electron chi connectivity index (χ2n) is 4.34. The molecule has 0 aliphatic carbocycles. The molecule has 1 unspecified atom stereocenters. The molecule has 0 saturated carbocycles. The first-order chi connectivity index (χ1) is 9.15. The fraction of sp³-hybridized carbons (Fsp3) is 0.467. The van der Waals surface area contributed by atoms with E-state index in [1.807, 2.05) is 37.3 Å². The topological polar surface area (TPSA) is 52.6 Å². The van der Waals surface area contributed by atoms with Crippen molar-refractivity contribution in [1.82, 2.24) is 0 Å². The third-order valence-electron chi connectivity index (χ3n) is 2.67. The minimum absolute atomic E-state index is 0.173. The van der Waals surface area contributed by atoms with Crippen molar-refractivity contribution in [3.8, 4) is 0 Å². The van der Waals surface area contributed by atoms with Gasteiger partial charge in [0.25, 0.3) is 0 Å². The van der Waals surface area contributed by atoms with Crippen LogP contribution in [-0.2, 0) is 25.7 Å². The van der Waals surface area contributed by atoms with Gasteiger partial charge >= 0.3 is 11.9 Å². The minimum Gasteiger partial charge on any atom is -0.465 e. The second kappa shape index (κ2) is 8.29. The Kier molecular flexibility index (Phi) is 6.64. The maximum absolute atomic E-state index is 11.7. The molecule has 0 spiro atoms. The second-order valence-corrected chi connectivity index (χ2v) is 4.34. The van der Waals surface area contributed by atoms with E-state index in [2.05, 4.69) is 0 Å². The first kappa shape index (κ1) is 15.2. The number of unbranched alkanes of at least 4 members (excludes halogenated alkanes) is 1. The van der Waals surface area contributed by atoms with E-state index < -0.39 is 17.9 Å². The van der Waals surface area contributed by atoms with Crippen LogP contribution in [0.3, 0.4) is 0 Å². The molecule has 0 amide bonds. The Bertz CT molecular complexity index is 400. The standard InChI is InChI=1S/C15H20O4/c1-3-4-10-18-14(16)12(2)15(17)19-11-13-8-6-5-7-9-13/h5-9,12H,3-4,10-11H2,1-2H3. The van der Waals surface area contributed by atoms with E-state index in [1.54, 1.807) is 0 Å². The van der Waals surface area contributed by atoms with Gasteiger partial charge in [-0.25, -0.2) is 0 Å². The van der Waals surface area contributed by atoms with Crippen LogP contribution in [0.4, 0.5) is 0 Å². The zero-order valence-electron chi connectivity index (χ0n) is 11.4. The molecule has 1 aromatic rings. The van der Waals surface area contributed by atoms with Gasteiger partial charge in [-0.1, -0.05) is 43.7 Å². The molecule has 19 heavy (non-hydrogen) atoms. The summed E-state index contributed by atoms with van der Waals surface area (Å²) in [4.78, 5) is 23.2. The van der Waals surface area contributed by atoms with Gasteiger partial charge in [0, 0.05) is 0 Å². The molecule has 4 heteroatoms. The van der Waals surface area contributed by atoms with Crippen LogP contribution < -0.4 is 0 Å². The zero-order valence-corrected chi connectivity index (χ0v) is 11.4. The lowest BCUT2D eigenvalue weighted by atomic mass is 10.2. The fourth-order valence-electron chi connectivity index (χ4n) is 1.39. The number of hydrogen-bond donors (Lipinski definition) is 0. The monoisotopic (exact) mass is 264 g/mol. The summed E-state index contributed by atoms with van der Waals surface area (Å²) in [7, 11) is 0. The molecule has 0 aliphatic heterocycles. The molecule has 104 valence electrons. The molecule has 1 aromatic carbocycles. The van der Waals surface area contributed by atoms with E-state index in [0.29, 0.717) is 6.61 Å². The average Bonchev–Trinajstić information content (AvgIpc) is 2.45. The molecule has 0 fully saturated rings. The third kappa shape index (κ3) is 5.55. The lowest BCUT2D eigenvalue weighted by Gasteiger charge is -2.11. The fourth-order valence-corrected chi connectivity index (χ4v) is 1.39. The van der Waals surface area contributed by atoms with Gasteiger partial charge in [0.05, 0.1) is 6.61 Å². The normalized spacial score (nSPS) is 11.7. The number of benzene rings is 1. The van der Waals surface area contributed by atoms with Gasteiger partial charge in [-0.05, 0) is 18.9 Å². The third-order valence-corrected chi connectivity index (χ3v) is 2.67. The van der Waals surface area contributed by atoms with Gasteiger partial charge in [0.2, 0.25) is 0 Å². The Morgan fingerprint density at radius 1 is 1.11 bits per heavy atom. The predicted octanol–water partition coefficient (Wildman–Crippen LogP) is 2.71. The van der Waals surface area contributed by atoms with Crippen LogP contribution in [0.15, 0.2) is 30.3 Å². The number of rotatable bonds is 7. The summed E-state index contributed by atoms with van der Waals surface area (Å²) in [6, 6.07) is 9.34. The van der Waals surface area contributed by atoms with Gasteiger partial charge in [0.1, 0.15) is 6.61 Å². The maximum Gasteiger partial charge on any atom is 0.320 e. The Hall–Kier alpha value is -1.84. The Balaban J connectivity index is 2.34. The largest absolute Gasteiger partial charge is 0.465 e. The summed E-state index contributed by atoms with van der Waals surface area (Å²) in [5, 5.41) is 0. The molecule has 0 aliphatic rings. The van der Waals surface area contributed by atoms with Gasteiger partial charge in [-0.15, -0.1) is 0 Å². The van der Waals surface area contributed by atoms with Crippen molar-refractivity contribution in [2.75, 3.05) is 6.61 Å². The summed E-state index contributed by atoms with van der Waals surface area (Å²) in [5.41, 5.74) is 0.891. The van der Waals surface area contributed by atoms with Gasteiger partial charge < -0.3 is 9.47 Å². The van der Waals surface area contributed by atoms with E-state index in [1.165, 1.54) is 6.92 Å². The van der Waals surface area contributed by atoms with Crippen molar-refractivity contribution >= 4 is 11.9 Å². The molecule has 1 atom stereocenters. The van der Waals surface area contributed by atoms with Crippen LogP contribution in [0.2, 0.25) is 0 Å². The van der Waals surface area contributed by atoms with Crippen molar-refractivity contribution in [2.24, 2.45) is 5.92 Å². The molecular weight excluding hydrogens is 244 g/mol. The van der Waals surface area contributed by atoms with Crippen LogP contribution in [0.5, 0.6) is 0 Å². The first-order valence-corrected chi connectivity index (χ1v) is 6.52. The summed E-state index contributed by atoms with van der Waals surface area (Å²) in [6.45, 7) is 4.03. The van der Waals surface area contributed by atoms with Crippen LogP contribution in [-0.4, -0.2) is 18.5 Å².